The van der Waals surface area contributed by atoms with Gasteiger partial charge in [0.1, 0.15) is 5.82 Å². The number of halogens is 1. The van der Waals surface area contributed by atoms with Gasteiger partial charge in [-0.05, 0) is 30.5 Å². The van der Waals surface area contributed by atoms with Crippen molar-refractivity contribution in [1.82, 2.24) is 5.32 Å². The average molecular weight is 267 g/mol. The van der Waals surface area contributed by atoms with Gasteiger partial charge in [-0.25, -0.2) is 9.18 Å². The minimum Gasteiger partial charge on any atom is -0.465 e. The van der Waals surface area contributed by atoms with Crippen LogP contribution in [0.4, 0.5) is 4.39 Å². The van der Waals surface area contributed by atoms with Crippen molar-refractivity contribution >= 4 is 5.97 Å². The first-order valence-electron chi connectivity index (χ1n) is 6.27. The third-order valence-corrected chi connectivity index (χ3v) is 3.46. The fraction of sp³-hybridized carbons (Fsp3) is 0.500. The van der Waals surface area contributed by atoms with E-state index in [0.29, 0.717) is 18.7 Å². The van der Waals surface area contributed by atoms with Gasteiger partial charge in [0.05, 0.1) is 18.8 Å². The summed E-state index contributed by atoms with van der Waals surface area (Å²) in [6.07, 6.45) is 2.31. The second-order valence-corrected chi connectivity index (χ2v) is 4.71. The topological polar surface area (TPSA) is 47.6 Å². The number of hydrogen-bond donors (Lipinski definition) is 1. The third kappa shape index (κ3) is 3.30. The summed E-state index contributed by atoms with van der Waals surface area (Å²) in [5.74, 6) is -1.20. The fourth-order valence-corrected chi connectivity index (χ4v) is 2.13. The number of esters is 1. The van der Waals surface area contributed by atoms with Crippen LogP contribution in [0.3, 0.4) is 0 Å². The van der Waals surface area contributed by atoms with E-state index in [1.807, 2.05) is 0 Å². The van der Waals surface area contributed by atoms with E-state index in [2.05, 4.69) is 10.1 Å². The molecule has 0 unspecified atom stereocenters. The summed E-state index contributed by atoms with van der Waals surface area (Å²) >= 11 is 0. The fourth-order valence-electron chi connectivity index (χ4n) is 2.13. The monoisotopic (exact) mass is 267 g/mol. The maximum Gasteiger partial charge on any atom is 0.340 e. The Hall–Kier alpha value is -1.46. The number of hydrogen-bond acceptors (Lipinski definition) is 4. The van der Waals surface area contributed by atoms with Gasteiger partial charge in [-0.1, -0.05) is 6.07 Å². The summed E-state index contributed by atoms with van der Waals surface area (Å²) < 4.78 is 23.4. The highest BCUT2D eigenvalue weighted by atomic mass is 19.1. The van der Waals surface area contributed by atoms with Crippen LogP contribution < -0.4 is 5.32 Å². The molecular formula is C14H18FNO3. The predicted molar refractivity (Wildman–Crippen MR) is 68.4 cm³/mol. The molecule has 19 heavy (non-hydrogen) atoms. The number of benzene rings is 1. The molecule has 0 amide bonds. The molecule has 1 aliphatic rings. The second kappa shape index (κ2) is 6.12. The lowest BCUT2D eigenvalue weighted by Gasteiger charge is -2.34. The minimum absolute atomic E-state index is 0.0330. The van der Waals surface area contributed by atoms with Crippen LogP contribution in [0.2, 0.25) is 0 Å². The Balaban J connectivity index is 1.88. The molecule has 1 N–H and O–H groups in total. The number of methoxy groups -OCH3 is 2. The molecule has 0 spiro atoms. The lowest BCUT2D eigenvalue weighted by atomic mass is 9.89. The van der Waals surface area contributed by atoms with Gasteiger partial charge in [0.2, 0.25) is 0 Å². The van der Waals surface area contributed by atoms with Crippen LogP contribution in [0.15, 0.2) is 18.2 Å². The van der Waals surface area contributed by atoms with Crippen molar-refractivity contribution in [2.75, 3.05) is 14.2 Å². The number of rotatable bonds is 5. The van der Waals surface area contributed by atoms with Crippen LogP contribution in [0.5, 0.6) is 0 Å². The van der Waals surface area contributed by atoms with E-state index in [9.17, 15) is 9.18 Å². The van der Waals surface area contributed by atoms with Crippen molar-refractivity contribution in [3.63, 3.8) is 0 Å². The van der Waals surface area contributed by atoms with E-state index in [4.69, 9.17) is 4.74 Å². The molecule has 104 valence electrons. The summed E-state index contributed by atoms with van der Waals surface area (Å²) in [5.41, 5.74) is 0.778. The van der Waals surface area contributed by atoms with E-state index < -0.39 is 11.8 Å². The van der Waals surface area contributed by atoms with Crippen molar-refractivity contribution in [2.24, 2.45) is 0 Å². The Morgan fingerprint density at radius 1 is 1.42 bits per heavy atom. The molecule has 0 bridgehead atoms. The maximum absolute atomic E-state index is 13.7. The first kappa shape index (κ1) is 14.0. The Labute approximate surface area is 111 Å². The largest absolute Gasteiger partial charge is 0.465 e. The van der Waals surface area contributed by atoms with Gasteiger partial charge >= 0.3 is 5.97 Å². The Bertz CT molecular complexity index is 458. The van der Waals surface area contributed by atoms with Gasteiger partial charge in [0.15, 0.2) is 0 Å². The van der Waals surface area contributed by atoms with Gasteiger partial charge in [-0.15, -0.1) is 0 Å². The molecule has 2 rings (SSSR count). The van der Waals surface area contributed by atoms with E-state index in [1.54, 1.807) is 13.2 Å². The average Bonchev–Trinajstić information content (AvgIpc) is 2.36. The molecule has 4 nitrogen and oxygen atoms in total. The highest BCUT2D eigenvalue weighted by molar-refractivity contribution is 5.89. The van der Waals surface area contributed by atoms with Crippen molar-refractivity contribution in [3.05, 3.63) is 35.1 Å². The highest BCUT2D eigenvalue weighted by Crippen LogP contribution is 2.23. The van der Waals surface area contributed by atoms with E-state index in [1.165, 1.54) is 19.2 Å². The molecule has 1 aromatic rings. The maximum atomic E-state index is 13.7. The van der Waals surface area contributed by atoms with E-state index in [-0.39, 0.29) is 5.56 Å². The molecular weight excluding hydrogens is 249 g/mol. The van der Waals surface area contributed by atoms with Crippen LogP contribution in [0.25, 0.3) is 0 Å². The van der Waals surface area contributed by atoms with Gasteiger partial charge in [-0.3, -0.25) is 0 Å². The van der Waals surface area contributed by atoms with Gasteiger partial charge in [-0.2, -0.15) is 0 Å². The van der Waals surface area contributed by atoms with Crippen molar-refractivity contribution in [1.29, 1.82) is 0 Å². The van der Waals surface area contributed by atoms with Crippen LogP contribution in [-0.4, -0.2) is 32.3 Å². The lowest BCUT2D eigenvalue weighted by Crippen LogP contribution is -2.44. The van der Waals surface area contributed by atoms with Gasteiger partial charge in [0.25, 0.3) is 0 Å². The normalized spacial score (nSPS) is 21.8. The molecule has 1 fully saturated rings. The van der Waals surface area contributed by atoms with Gasteiger partial charge in [0, 0.05) is 19.7 Å². The third-order valence-electron chi connectivity index (χ3n) is 3.46. The first-order chi connectivity index (χ1) is 9.13. The summed E-state index contributed by atoms with van der Waals surface area (Å²) in [7, 11) is 2.95. The molecule has 1 aliphatic carbocycles. The summed E-state index contributed by atoms with van der Waals surface area (Å²) in [5, 5.41) is 3.33. The summed E-state index contributed by atoms with van der Waals surface area (Å²) in [6, 6.07) is 4.98. The van der Waals surface area contributed by atoms with E-state index >= 15 is 0 Å². The minimum atomic E-state index is -0.654. The van der Waals surface area contributed by atoms with Crippen molar-refractivity contribution < 1.29 is 18.7 Å². The van der Waals surface area contributed by atoms with Crippen LogP contribution >= 0.6 is 0 Å². The molecule has 5 heteroatoms. The molecule has 1 aromatic carbocycles. The molecule has 0 saturated heterocycles. The molecule has 0 aliphatic heterocycles. The first-order valence-corrected chi connectivity index (χ1v) is 6.27. The number of ether oxygens (including phenoxy) is 2. The smallest absolute Gasteiger partial charge is 0.340 e. The zero-order valence-corrected chi connectivity index (χ0v) is 11.1. The summed E-state index contributed by atoms with van der Waals surface area (Å²) in [6.45, 7) is 0.583. The second-order valence-electron chi connectivity index (χ2n) is 4.71. The van der Waals surface area contributed by atoms with Crippen molar-refractivity contribution in [2.45, 2.75) is 31.5 Å². The predicted octanol–water partition coefficient (Wildman–Crippen LogP) is 1.88. The van der Waals surface area contributed by atoms with Crippen LogP contribution in [0, 0.1) is 5.82 Å². The Morgan fingerprint density at radius 2 is 2.16 bits per heavy atom. The van der Waals surface area contributed by atoms with Crippen LogP contribution in [-0.2, 0) is 16.0 Å². The van der Waals surface area contributed by atoms with Crippen LogP contribution in [0.1, 0.15) is 28.8 Å². The Kier molecular flexibility index (Phi) is 4.50. The molecule has 0 heterocycles. The zero-order valence-electron chi connectivity index (χ0n) is 11.1. The molecule has 0 atom stereocenters. The zero-order chi connectivity index (χ0) is 13.8. The summed E-state index contributed by atoms with van der Waals surface area (Å²) in [4.78, 5) is 11.2. The van der Waals surface area contributed by atoms with E-state index in [0.717, 1.165) is 18.4 Å². The highest BCUT2D eigenvalue weighted by Gasteiger charge is 2.28. The molecule has 0 aromatic heterocycles. The standard InChI is InChI=1S/C14H18FNO3/c1-18-11-6-10(7-11)16-8-9-3-4-12(13(15)5-9)14(17)19-2/h3-5,10-11,16H,6-8H2,1-2H3. The SMILES string of the molecule is COC(=O)c1ccc(CNC2CC(OC)C2)cc1F. The number of nitrogens with one attached hydrogen (secondary N) is 1. The Morgan fingerprint density at radius 3 is 2.74 bits per heavy atom. The lowest BCUT2D eigenvalue weighted by molar-refractivity contribution is 0.0170. The number of carbonyl (C=O) groups excluding carboxylic acids is 1. The van der Waals surface area contributed by atoms with Crippen molar-refractivity contribution in [3.8, 4) is 0 Å². The number of carbonyl (C=O) groups is 1. The molecule has 1 saturated carbocycles. The molecule has 0 radical (unpaired) electrons. The quantitative estimate of drug-likeness (QED) is 0.827. The van der Waals surface area contributed by atoms with Gasteiger partial charge < -0.3 is 14.8 Å².